The second-order valence-corrected chi connectivity index (χ2v) is 19.5. The van der Waals surface area contributed by atoms with Gasteiger partial charge in [-0.2, -0.15) is 0 Å². The van der Waals surface area contributed by atoms with Crippen LogP contribution in [-0.4, -0.2) is 33.4 Å². The highest BCUT2D eigenvalue weighted by Gasteiger charge is 2.42. The predicted molar refractivity (Wildman–Crippen MR) is 219 cm³/mol. The van der Waals surface area contributed by atoms with Crippen LogP contribution in [-0.2, 0) is 32.3 Å². The molecule has 6 nitrogen and oxygen atoms in total. The topological polar surface area (TPSA) is 74.8 Å². The molecule has 4 aliphatic rings. The Labute approximate surface area is 325 Å². The second kappa shape index (κ2) is 15.2. The van der Waals surface area contributed by atoms with Gasteiger partial charge < -0.3 is 0 Å². The van der Waals surface area contributed by atoms with Crippen LogP contribution < -0.4 is 0 Å². The molecule has 0 atom stereocenters. The fourth-order valence-corrected chi connectivity index (χ4v) is 7.86. The predicted octanol–water partition coefficient (Wildman–Crippen LogP) is 11.1. The van der Waals surface area contributed by atoms with E-state index >= 15 is 0 Å². The Morgan fingerprint density at radius 2 is 0.926 bits per heavy atom. The lowest BCUT2D eigenvalue weighted by molar-refractivity contribution is -0.139. The summed E-state index contributed by atoms with van der Waals surface area (Å²) in [6.45, 7) is 27.0. The van der Waals surface area contributed by atoms with Gasteiger partial charge in [0.05, 0.1) is 13.1 Å². The van der Waals surface area contributed by atoms with Gasteiger partial charge in [-0.1, -0.05) is 140 Å². The molecular formula is C48H64N2O4. The number of carbonyl (C=O) groups excluding carboxylic acids is 4. The van der Waals surface area contributed by atoms with Crippen molar-refractivity contribution < 1.29 is 19.2 Å². The van der Waals surface area contributed by atoms with Gasteiger partial charge in [0.2, 0.25) is 0 Å². The Kier molecular flexibility index (Phi) is 11.6. The summed E-state index contributed by atoms with van der Waals surface area (Å²) in [6.07, 6.45) is 14.8. The molecule has 2 heterocycles. The molecule has 1 aromatic carbocycles. The number of carbonyl (C=O) groups is 4. The highest BCUT2D eigenvalue weighted by Crippen LogP contribution is 2.44. The third-order valence-electron chi connectivity index (χ3n) is 12.8. The first-order valence-corrected chi connectivity index (χ1v) is 20.0. The van der Waals surface area contributed by atoms with Crippen LogP contribution in [0.15, 0.2) is 93.2 Å². The fraction of sp³-hybridized carbons (Fsp3) is 0.542. The normalized spacial score (nSPS) is 19.3. The van der Waals surface area contributed by atoms with Crippen molar-refractivity contribution >= 4 is 23.6 Å². The summed E-state index contributed by atoms with van der Waals surface area (Å²) in [5, 5.41) is 0. The van der Waals surface area contributed by atoms with Crippen LogP contribution in [0, 0.1) is 21.7 Å². The van der Waals surface area contributed by atoms with Gasteiger partial charge in [-0.15, -0.1) is 0 Å². The van der Waals surface area contributed by atoms with Crippen LogP contribution in [0.3, 0.4) is 0 Å². The molecule has 0 saturated heterocycles. The molecule has 0 saturated carbocycles. The van der Waals surface area contributed by atoms with Crippen molar-refractivity contribution in [1.29, 1.82) is 0 Å². The van der Waals surface area contributed by atoms with E-state index in [4.69, 9.17) is 0 Å². The molecule has 0 fully saturated rings. The van der Waals surface area contributed by atoms with E-state index in [2.05, 4.69) is 107 Å². The summed E-state index contributed by atoms with van der Waals surface area (Å²) < 4.78 is 0. The van der Waals surface area contributed by atoms with E-state index < -0.39 is 0 Å². The molecule has 0 N–H and O–H groups in total. The van der Waals surface area contributed by atoms with Crippen LogP contribution >= 0.6 is 0 Å². The van der Waals surface area contributed by atoms with Crippen molar-refractivity contribution in [2.75, 3.05) is 0 Å². The summed E-state index contributed by atoms with van der Waals surface area (Å²) in [7, 11) is 0. The average Bonchev–Trinajstić information content (AvgIpc) is 3.46. The molecule has 0 bridgehead atoms. The third-order valence-corrected chi connectivity index (χ3v) is 12.8. The number of hydrogen-bond acceptors (Lipinski definition) is 4. The van der Waals surface area contributed by atoms with Gasteiger partial charge in [-0.3, -0.25) is 29.0 Å². The standard InChI is InChI=1S/C48H64N2O4/c1-31(45(3,4)5)16-14-24-47(9,10)35-20-22-37-39(27-35)43(53)49(41(37)51)29-33-18-13-19-34(26-33)30-50-42(52)38-23-21-36(28-40(38)44(50)54)48(11,12)25-15-17-32(2)46(6,7)8/h13,16-21,26H,14-15,22-25,27-30H2,1-12H3/b31-16+,32-17+. The number of benzene rings is 1. The number of amides is 4. The molecule has 2 aliphatic heterocycles. The first-order valence-electron chi connectivity index (χ1n) is 20.0. The van der Waals surface area contributed by atoms with E-state index in [1.165, 1.54) is 32.1 Å². The average molecular weight is 733 g/mol. The highest BCUT2D eigenvalue weighted by molar-refractivity contribution is 6.20. The molecule has 1 aromatic rings. The zero-order valence-corrected chi connectivity index (χ0v) is 35.2. The van der Waals surface area contributed by atoms with Gasteiger partial charge in [-0.25, -0.2) is 0 Å². The lowest BCUT2D eigenvalue weighted by atomic mass is 9.74. The molecule has 0 radical (unpaired) electrons. The molecule has 5 rings (SSSR count). The molecule has 290 valence electrons. The van der Waals surface area contributed by atoms with Gasteiger partial charge in [-0.05, 0) is 98.0 Å². The zero-order valence-electron chi connectivity index (χ0n) is 35.2. The molecule has 2 aliphatic carbocycles. The van der Waals surface area contributed by atoms with Crippen molar-refractivity contribution in [1.82, 2.24) is 9.80 Å². The molecule has 0 unspecified atom stereocenters. The molecular weight excluding hydrogens is 669 g/mol. The van der Waals surface area contributed by atoms with Gasteiger partial charge in [0, 0.05) is 22.3 Å². The van der Waals surface area contributed by atoms with E-state index in [0.717, 1.165) is 36.8 Å². The summed E-state index contributed by atoms with van der Waals surface area (Å²) >= 11 is 0. The summed E-state index contributed by atoms with van der Waals surface area (Å²) in [5.41, 5.74) is 9.37. The van der Waals surface area contributed by atoms with Crippen LogP contribution in [0.5, 0.6) is 0 Å². The Hall–Kier alpha value is -4.06. The van der Waals surface area contributed by atoms with E-state index in [9.17, 15) is 19.2 Å². The van der Waals surface area contributed by atoms with Crippen molar-refractivity contribution in [3.05, 3.63) is 104 Å². The van der Waals surface area contributed by atoms with Crippen LogP contribution in [0.25, 0.3) is 0 Å². The van der Waals surface area contributed by atoms with Crippen molar-refractivity contribution in [2.24, 2.45) is 21.7 Å². The molecule has 54 heavy (non-hydrogen) atoms. The maximum Gasteiger partial charge on any atom is 0.257 e. The highest BCUT2D eigenvalue weighted by atomic mass is 16.2. The SMILES string of the molecule is C/C(=C\CCC(C)(C)C1=CCC2=C(C1)C(=O)N(Cc1cccc(CN3C(=O)C4=C(CC(C(C)(C)CC/C=C(\C)C(C)(C)C)=CC4)C3=O)c1)C2=O)C(C)(C)C. The van der Waals surface area contributed by atoms with Crippen LogP contribution in [0.4, 0.5) is 0 Å². The number of allylic oxidation sites excluding steroid dienone is 8. The molecule has 6 heteroatoms. The van der Waals surface area contributed by atoms with Crippen molar-refractivity contribution in [3.8, 4) is 0 Å². The van der Waals surface area contributed by atoms with Crippen molar-refractivity contribution in [2.45, 2.75) is 148 Å². The van der Waals surface area contributed by atoms with Crippen LogP contribution in [0.2, 0.25) is 0 Å². The fourth-order valence-electron chi connectivity index (χ4n) is 7.86. The van der Waals surface area contributed by atoms with Gasteiger partial charge in [0.1, 0.15) is 0 Å². The largest absolute Gasteiger partial charge is 0.270 e. The summed E-state index contributed by atoms with van der Waals surface area (Å²) in [5.74, 6) is -0.853. The Bertz CT molecular complexity index is 1790. The number of nitrogens with zero attached hydrogens (tertiary/aromatic N) is 2. The second-order valence-electron chi connectivity index (χ2n) is 19.5. The first-order chi connectivity index (χ1) is 25.0. The Balaban J connectivity index is 1.19. The first kappa shape index (κ1) is 41.1. The smallest absolute Gasteiger partial charge is 0.257 e. The van der Waals surface area contributed by atoms with E-state index in [0.29, 0.717) is 48.0 Å². The van der Waals surface area contributed by atoms with Crippen LogP contribution in [0.1, 0.15) is 146 Å². The summed E-state index contributed by atoms with van der Waals surface area (Å²) in [6, 6.07) is 7.58. The molecule has 0 spiro atoms. The number of imide groups is 2. The van der Waals surface area contributed by atoms with E-state index in [-0.39, 0.29) is 58.4 Å². The minimum atomic E-state index is -0.217. The maximum absolute atomic E-state index is 13.8. The third kappa shape index (κ3) is 8.74. The van der Waals surface area contributed by atoms with Gasteiger partial charge in [0.25, 0.3) is 23.6 Å². The van der Waals surface area contributed by atoms with Gasteiger partial charge >= 0.3 is 0 Å². The zero-order chi connectivity index (χ0) is 40.0. The lowest BCUT2D eigenvalue weighted by Crippen LogP contribution is -2.32. The Morgan fingerprint density at radius 1 is 0.574 bits per heavy atom. The minimum absolute atomic E-state index is 0.0899. The number of rotatable bonds is 12. The Morgan fingerprint density at radius 3 is 1.28 bits per heavy atom. The van der Waals surface area contributed by atoms with Crippen molar-refractivity contribution in [3.63, 3.8) is 0 Å². The van der Waals surface area contributed by atoms with Gasteiger partial charge in [0.15, 0.2) is 0 Å². The maximum atomic E-state index is 13.8. The number of hydrogen-bond donors (Lipinski definition) is 0. The summed E-state index contributed by atoms with van der Waals surface area (Å²) in [4.78, 5) is 57.4. The molecule has 4 amide bonds. The lowest BCUT2D eigenvalue weighted by Gasteiger charge is -2.30. The minimum Gasteiger partial charge on any atom is -0.270 e. The van der Waals surface area contributed by atoms with E-state index in [1.807, 2.05) is 24.3 Å². The monoisotopic (exact) mass is 732 g/mol. The van der Waals surface area contributed by atoms with E-state index in [1.54, 1.807) is 0 Å². The quantitative estimate of drug-likeness (QED) is 0.158. The molecule has 0 aromatic heterocycles.